The highest BCUT2D eigenvalue weighted by atomic mass is 15.2. The van der Waals surface area contributed by atoms with Crippen molar-refractivity contribution in [3.05, 3.63) is 146 Å². The van der Waals surface area contributed by atoms with Crippen LogP contribution in [0.3, 0.4) is 0 Å². The van der Waals surface area contributed by atoms with Crippen molar-refractivity contribution in [2.45, 2.75) is 0 Å². The molecule has 0 amide bonds. The minimum atomic E-state index is 0.676. The van der Waals surface area contributed by atoms with Crippen LogP contribution in [0.2, 0.25) is 0 Å². The molecule has 0 atom stereocenters. The minimum Gasteiger partial charge on any atom is -0.308 e. The lowest BCUT2D eigenvalue weighted by molar-refractivity contribution is 1.01. The largest absolute Gasteiger partial charge is 0.308 e. The lowest BCUT2D eigenvalue weighted by atomic mass is 9.98. The molecule has 11 aromatic rings. The number of rotatable bonds is 2. The molecule has 0 radical (unpaired) electrons. The first-order valence-corrected chi connectivity index (χ1v) is 15.7. The standard InChI is InChI=1S/C42H24N4/c1-2-13-26(14-3-1)40-29-17-6-9-19-32(29)43-42(44-40)46-34-21-11-8-18-30(34)38-36(46)24-31-28-16-7-10-20-33(28)45-35-23-22-25-12-4-5-15-27(25)37(35)39(38)41(31)45/h1-24H. The zero-order valence-electron chi connectivity index (χ0n) is 24.6. The first-order valence-electron chi connectivity index (χ1n) is 15.7. The Morgan fingerprint density at radius 2 is 1.09 bits per heavy atom. The Kier molecular flexibility index (Phi) is 4.55. The van der Waals surface area contributed by atoms with Crippen LogP contribution in [0, 0.1) is 0 Å². The van der Waals surface area contributed by atoms with Crippen molar-refractivity contribution in [2.24, 2.45) is 0 Å². The van der Waals surface area contributed by atoms with Crippen molar-refractivity contribution < 1.29 is 0 Å². The summed E-state index contributed by atoms with van der Waals surface area (Å²) in [6.45, 7) is 0. The van der Waals surface area contributed by atoms with Crippen molar-refractivity contribution in [2.75, 3.05) is 0 Å². The van der Waals surface area contributed by atoms with Crippen LogP contribution < -0.4 is 0 Å². The second-order valence-corrected chi connectivity index (χ2v) is 12.2. The first-order chi connectivity index (χ1) is 22.8. The van der Waals surface area contributed by atoms with Crippen molar-refractivity contribution in [3.63, 3.8) is 0 Å². The Labute approximate surface area is 262 Å². The quantitative estimate of drug-likeness (QED) is 0.203. The summed E-state index contributed by atoms with van der Waals surface area (Å²) in [6, 6.07) is 52.0. The number of hydrogen-bond acceptors (Lipinski definition) is 2. The Hall–Kier alpha value is -6.26. The summed E-state index contributed by atoms with van der Waals surface area (Å²) < 4.78 is 4.77. The molecule has 0 saturated carbocycles. The lowest BCUT2D eigenvalue weighted by Crippen LogP contribution is -2.03. The van der Waals surface area contributed by atoms with E-state index in [2.05, 4.69) is 148 Å². The second kappa shape index (κ2) is 8.68. The van der Waals surface area contributed by atoms with Crippen LogP contribution in [-0.2, 0) is 0 Å². The summed E-state index contributed by atoms with van der Waals surface area (Å²) in [7, 11) is 0. The third kappa shape index (κ3) is 2.98. The van der Waals surface area contributed by atoms with E-state index in [9.17, 15) is 0 Å². The highest BCUT2D eigenvalue weighted by Crippen LogP contribution is 2.48. The van der Waals surface area contributed by atoms with E-state index in [1.54, 1.807) is 0 Å². The summed E-state index contributed by atoms with van der Waals surface area (Å²) >= 11 is 0. The fourth-order valence-corrected chi connectivity index (χ4v) is 7.97. The van der Waals surface area contributed by atoms with Crippen LogP contribution in [0.25, 0.3) is 98.8 Å². The second-order valence-electron chi connectivity index (χ2n) is 12.2. The highest BCUT2D eigenvalue weighted by Gasteiger charge is 2.26. The van der Waals surface area contributed by atoms with Gasteiger partial charge in [-0.25, -0.2) is 9.97 Å². The van der Waals surface area contributed by atoms with Crippen LogP contribution in [0.15, 0.2) is 146 Å². The SMILES string of the molecule is c1ccc(-c2nc(-n3c4ccccc4c4c5c6c7ccccc7ccc6n6c7ccccc7c(cc43)c56)nc3ccccc23)cc1. The van der Waals surface area contributed by atoms with E-state index in [0.717, 1.165) is 33.2 Å². The first kappa shape index (κ1) is 24.1. The predicted octanol–water partition coefficient (Wildman–Crippen LogP) is 10.7. The summed E-state index contributed by atoms with van der Waals surface area (Å²) in [4.78, 5) is 10.6. The average molecular weight is 585 g/mol. The van der Waals surface area contributed by atoms with Gasteiger partial charge in [-0.2, -0.15) is 0 Å². The lowest BCUT2D eigenvalue weighted by Gasteiger charge is -2.12. The van der Waals surface area contributed by atoms with Gasteiger partial charge in [-0.3, -0.25) is 4.57 Å². The number of hydrogen-bond donors (Lipinski definition) is 0. The molecule has 4 aromatic heterocycles. The van der Waals surface area contributed by atoms with E-state index in [0.29, 0.717) is 5.95 Å². The highest BCUT2D eigenvalue weighted by molar-refractivity contribution is 6.38. The number of aromatic nitrogens is 4. The van der Waals surface area contributed by atoms with E-state index < -0.39 is 0 Å². The molecule has 0 spiro atoms. The van der Waals surface area contributed by atoms with Gasteiger partial charge >= 0.3 is 0 Å². The van der Waals surface area contributed by atoms with Gasteiger partial charge in [0.05, 0.1) is 38.8 Å². The molecule has 0 unspecified atom stereocenters. The third-order valence-electron chi connectivity index (χ3n) is 9.83. The Bertz CT molecular complexity index is 3020. The molecule has 0 saturated heterocycles. The van der Waals surface area contributed by atoms with E-state index in [-0.39, 0.29) is 0 Å². The van der Waals surface area contributed by atoms with Crippen LogP contribution in [0.5, 0.6) is 0 Å². The molecule has 11 rings (SSSR count). The van der Waals surface area contributed by atoms with Crippen molar-refractivity contribution >= 4 is 81.6 Å². The summed E-state index contributed by atoms with van der Waals surface area (Å²) in [5, 5.41) is 11.1. The average Bonchev–Trinajstić information content (AvgIpc) is 3.76. The maximum absolute atomic E-state index is 5.35. The molecule has 0 aliphatic rings. The van der Waals surface area contributed by atoms with Gasteiger partial charge in [0.2, 0.25) is 5.95 Å². The zero-order valence-corrected chi connectivity index (χ0v) is 24.6. The minimum absolute atomic E-state index is 0.676. The number of fused-ring (bicyclic) bond motifs is 13. The van der Waals surface area contributed by atoms with Crippen LogP contribution in [-0.4, -0.2) is 18.9 Å². The Morgan fingerprint density at radius 1 is 0.413 bits per heavy atom. The molecule has 7 aromatic carbocycles. The van der Waals surface area contributed by atoms with E-state index in [1.807, 2.05) is 6.07 Å². The zero-order chi connectivity index (χ0) is 29.9. The van der Waals surface area contributed by atoms with Gasteiger partial charge in [0.15, 0.2) is 0 Å². The van der Waals surface area contributed by atoms with Gasteiger partial charge in [0, 0.05) is 43.3 Å². The number of nitrogens with zero attached hydrogens (tertiary/aromatic N) is 4. The molecule has 0 aliphatic carbocycles. The smallest absolute Gasteiger partial charge is 0.235 e. The molecule has 46 heavy (non-hydrogen) atoms. The van der Waals surface area contributed by atoms with E-state index in [4.69, 9.17) is 9.97 Å². The van der Waals surface area contributed by atoms with Crippen LogP contribution in [0.1, 0.15) is 0 Å². The molecule has 0 aliphatic heterocycles. The Balaban J connectivity index is 1.40. The normalized spacial score (nSPS) is 12.3. The molecule has 4 heterocycles. The number of para-hydroxylation sites is 3. The summed E-state index contributed by atoms with van der Waals surface area (Å²) in [5.74, 6) is 0.676. The molecule has 0 fully saturated rings. The van der Waals surface area contributed by atoms with Crippen LogP contribution in [0.4, 0.5) is 0 Å². The van der Waals surface area contributed by atoms with Crippen LogP contribution >= 0.6 is 0 Å². The van der Waals surface area contributed by atoms with E-state index >= 15 is 0 Å². The van der Waals surface area contributed by atoms with Crippen molar-refractivity contribution in [1.29, 1.82) is 0 Å². The van der Waals surface area contributed by atoms with Crippen molar-refractivity contribution in [1.82, 2.24) is 18.9 Å². The molecule has 4 nitrogen and oxygen atoms in total. The fourth-order valence-electron chi connectivity index (χ4n) is 7.97. The Morgan fingerprint density at radius 3 is 1.96 bits per heavy atom. The molecular formula is C42H24N4. The third-order valence-corrected chi connectivity index (χ3v) is 9.83. The molecule has 4 heteroatoms. The van der Waals surface area contributed by atoms with Gasteiger partial charge in [-0.1, -0.05) is 115 Å². The van der Waals surface area contributed by atoms with E-state index in [1.165, 1.54) is 59.6 Å². The monoisotopic (exact) mass is 584 g/mol. The predicted molar refractivity (Wildman–Crippen MR) is 191 cm³/mol. The molecular weight excluding hydrogens is 560 g/mol. The van der Waals surface area contributed by atoms with Crippen molar-refractivity contribution in [3.8, 4) is 17.2 Å². The van der Waals surface area contributed by atoms with Gasteiger partial charge in [-0.15, -0.1) is 0 Å². The summed E-state index contributed by atoms with van der Waals surface area (Å²) in [5.41, 5.74) is 8.88. The maximum atomic E-state index is 5.35. The fraction of sp³-hybridized carbons (Fsp3) is 0. The maximum Gasteiger partial charge on any atom is 0.235 e. The molecule has 0 bridgehead atoms. The van der Waals surface area contributed by atoms with Gasteiger partial charge in [0.25, 0.3) is 0 Å². The molecule has 212 valence electrons. The van der Waals surface area contributed by atoms with Gasteiger partial charge in [0.1, 0.15) is 0 Å². The number of benzene rings is 7. The molecule has 0 N–H and O–H groups in total. The summed E-state index contributed by atoms with van der Waals surface area (Å²) in [6.07, 6.45) is 0. The topological polar surface area (TPSA) is 35.1 Å². The van der Waals surface area contributed by atoms with Gasteiger partial charge in [-0.05, 0) is 41.1 Å². The van der Waals surface area contributed by atoms with Gasteiger partial charge < -0.3 is 4.40 Å².